The lowest BCUT2D eigenvalue weighted by atomic mass is 9.96. The highest BCUT2D eigenvalue weighted by Gasteiger charge is 2.42. The largest absolute Gasteiger partial charge is 0.494 e. The number of unbranched alkanes of at least 4 members (excludes halogenated alkanes) is 3. The molecule has 0 unspecified atom stereocenters. The fourth-order valence-electron chi connectivity index (χ4n) is 4.60. The fraction of sp³-hybridized carbons (Fsp3) is 0.321. The Morgan fingerprint density at radius 2 is 1.80 bits per heavy atom. The molecule has 0 fully saturated rings. The minimum atomic E-state index is -0.339. The van der Waals surface area contributed by atoms with Gasteiger partial charge in [-0.15, -0.1) is 0 Å². The van der Waals surface area contributed by atoms with Gasteiger partial charge in [-0.2, -0.15) is 5.10 Å². The number of hydrogen-bond acceptors (Lipinski definition) is 4. The van der Waals surface area contributed by atoms with Crippen molar-refractivity contribution in [2.24, 2.45) is 5.10 Å². The summed E-state index contributed by atoms with van der Waals surface area (Å²) < 4.78 is 14.5. The fourth-order valence-corrected chi connectivity index (χ4v) is 6.08. The Bertz CT molecular complexity index is 1210. The predicted molar refractivity (Wildman–Crippen MR) is 148 cm³/mol. The molecule has 2 aliphatic rings. The van der Waals surface area contributed by atoms with Crippen LogP contribution in [-0.4, -0.2) is 17.3 Å². The summed E-state index contributed by atoms with van der Waals surface area (Å²) >= 11 is 13.5. The average Bonchev–Trinajstić information content (AvgIpc) is 3.30. The second kappa shape index (κ2) is 10.9. The molecule has 0 N–H and O–H groups in total. The van der Waals surface area contributed by atoms with E-state index in [-0.39, 0.29) is 12.3 Å². The van der Waals surface area contributed by atoms with E-state index in [0.717, 1.165) is 67.3 Å². The van der Waals surface area contributed by atoms with Gasteiger partial charge in [0.25, 0.3) is 0 Å². The highest BCUT2D eigenvalue weighted by atomic mass is 79.9. The van der Waals surface area contributed by atoms with E-state index in [4.69, 9.17) is 26.2 Å². The first-order valence-electron chi connectivity index (χ1n) is 12.0. The zero-order valence-electron chi connectivity index (χ0n) is 19.5. The summed E-state index contributed by atoms with van der Waals surface area (Å²) in [5, 5.41) is 7.86. The van der Waals surface area contributed by atoms with E-state index in [2.05, 4.69) is 62.0 Å². The van der Waals surface area contributed by atoms with E-state index >= 15 is 0 Å². The highest BCUT2D eigenvalue weighted by Crippen LogP contribution is 2.51. The van der Waals surface area contributed by atoms with Crippen LogP contribution in [0.15, 0.2) is 74.7 Å². The van der Waals surface area contributed by atoms with E-state index in [1.165, 1.54) is 19.3 Å². The Kier molecular flexibility index (Phi) is 7.71. The molecule has 0 spiro atoms. The Labute approximate surface area is 228 Å². The van der Waals surface area contributed by atoms with Crippen LogP contribution < -0.4 is 9.47 Å². The summed E-state index contributed by atoms with van der Waals surface area (Å²) in [7, 11) is 0. The molecule has 2 atom stereocenters. The third-order valence-electron chi connectivity index (χ3n) is 6.42. The van der Waals surface area contributed by atoms with Gasteiger partial charge in [-0.3, -0.25) is 0 Å². The van der Waals surface area contributed by atoms with Gasteiger partial charge >= 0.3 is 0 Å². The number of fused-ring (bicyclic) bond motifs is 3. The molecule has 4 nitrogen and oxygen atoms in total. The molecular formula is C28H27Br2ClN2O2. The maximum absolute atomic E-state index is 6.58. The Morgan fingerprint density at radius 3 is 2.54 bits per heavy atom. The number of halogens is 3. The Morgan fingerprint density at radius 1 is 1.03 bits per heavy atom. The smallest absolute Gasteiger partial charge is 0.213 e. The maximum atomic E-state index is 6.58. The number of ether oxygens (including phenoxy) is 2. The summed E-state index contributed by atoms with van der Waals surface area (Å²) in [5.74, 6) is 1.75. The van der Waals surface area contributed by atoms with Crippen LogP contribution in [-0.2, 0) is 0 Å². The molecule has 182 valence electrons. The van der Waals surface area contributed by atoms with Crippen LogP contribution in [0, 0.1) is 0 Å². The topological polar surface area (TPSA) is 34.1 Å². The molecule has 0 aromatic heterocycles. The molecule has 0 bridgehead atoms. The molecule has 35 heavy (non-hydrogen) atoms. The maximum Gasteiger partial charge on any atom is 0.213 e. The first kappa shape index (κ1) is 24.7. The molecule has 0 saturated carbocycles. The van der Waals surface area contributed by atoms with Crippen molar-refractivity contribution in [3.8, 4) is 11.5 Å². The standard InChI is InChI=1S/C28H27Br2ClN2O2/c1-2-3-4-5-14-34-22-12-8-19(9-13-22)28-33-26(23-15-20(29)16-24(30)27(23)35-28)17-25(32-33)18-6-10-21(31)11-7-18/h6-13,15-16,26,28H,2-5,14,17H2,1H3/t26-,28-/m1/s1. The van der Waals surface area contributed by atoms with Gasteiger partial charge in [0, 0.05) is 27.0 Å². The zero-order chi connectivity index (χ0) is 24.4. The number of nitrogens with zero attached hydrogens (tertiary/aromatic N) is 2. The van der Waals surface area contributed by atoms with Crippen LogP contribution in [0.3, 0.4) is 0 Å². The molecular weight excluding hydrogens is 592 g/mol. The van der Waals surface area contributed by atoms with Gasteiger partial charge in [0.05, 0.1) is 22.8 Å². The van der Waals surface area contributed by atoms with E-state index in [9.17, 15) is 0 Å². The van der Waals surface area contributed by atoms with Crippen molar-refractivity contribution in [2.75, 3.05) is 6.61 Å². The number of benzene rings is 3. The summed E-state index contributed by atoms with van der Waals surface area (Å²) in [6, 6.07) is 20.3. The van der Waals surface area contributed by atoms with Crippen LogP contribution in [0.4, 0.5) is 0 Å². The van der Waals surface area contributed by atoms with Gasteiger partial charge in [-0.1, -0.05) is 65.8 Å². The van der Waals surface area contributed by atoms with Crippen LogP contribution >= 0.6 is 43.5 Å². The summed E-state index contributed by atoms with van der Waals surface area (Å²) in [4.78, 5) is 0. The van der Waals surface area contributed by atoms with E-state index in [1.807, 2.05) is 42.5 Å². The van der Waals surface area contributed by atoms with Crippen molar-refractivity contribution in [3.05, 3.63) is 91.3 Å². The lowest BCUT2D eigenvalue weighted by Crippen LogP contribution is -2.33. The summed E-state index contributed by atoms with van der Waals surface area (Å²) in [5.41, 5.74) is 4.25. The summed E-state index contributed by atoms with van der Waals surface area (Å²) in [6.45, 7) is 2.97. The quantitative estimate of drug-likeness (QED) is 0.236. The van der Waals surface area contributed by atoms with Gasteiger partial charge in [0.2, 0.25) is 6.23 Å². The predicted octanol–water partition coefficient (Wildman–Crippen LogP) is 9.07. The lowest BCUT2D eigenvalue weighted by Gasteiger charge is -2.38. The highest BCUT2D eigenvalue weighted by molar-refractivity contribution is 9.11. The third-order valence-corrected chi connectivity index (χ3v) is 7.72. The van der Waals surface area contributed by atoms with Gasteiger partial charge in [-0.25, -0.2) is 5.01 Å². The van der Waals surface area contributed by atoms with E-state index in [1.54, 1.807) is 0 Å². The zero-order valence-corrected chi connectivity index (χ0v) is 23.4. The molecule has 2 heterocycles. The minimum Gasteiger partial charge on any atom is -0.494 e. The lowest BCUT2D eigenvalue weighted by molar-refractivity contribution is -0.0197. The minimum absolute atomic E-state index is 0.0673. The van der Waals surface area contributed by atoms with Crippen LogP contribution in [0.1, 0.15) is 68.0 Å². The Hall–Kier alpha value is -2.02. The van der Waals surface area contributed by atoms with Gasteiger partial charge in [0.15, 0.2) is 0 Å². The SMILES string of the molecule is CCCCCCOc1ccc([C@H]2Oc3c(Br)cc(Br)cc3[C@H]3CC(c4ccc(Cl)cc4)=NN32)cc1. The first-order valence-corrected chi connectivity index (χ1v) is 14.0. The first-order chi connectivity index (χ1) is 17.0. The van der Waals surface area contributed by atoms with Crippen molar-refractivity contribution in [1.82, 2.24) is 5.01 Å². The molecule has 0 aliphatic carbocycles. The molecule has 7 heteroatoms. The second-order valence-corrected chi connectivity index (χ2v) is 11.1. The normalized spacial score (nSPS) is 18.5. The molecule has 0 saturated heterocycles. The van der Waals surface area contributed by atoms with Crippen LogP contribution in [0.5, 0.6) is 11.5 Å². The van der Waals surface area contributed by atoms with Gasteiger partial charge in [-0.05, 0) is 76.4 Å². The van der Waals surface area contributed by atoms with Crippen LogP contribution in [0.2, 0.25) is 5.02 Å². The molecule has 0 amide bonds. The number of rotatable bonds is 8. The second-order valence-electron chi connectivity index (χ2n) is 8.91. The van der Waals surface area contributed by atoms with Gasteiger partial charge < -0.3 is 9.47 Å². The summed E-state index contributed by atoms with van der Waals surface area (Å²) in [6.07, 6.45) is 5.22. The van der Waals surface area contributed by atoms with Crippen molar-refractivity contribution in [3.63, 3.8) is 0 Å². The van der Waals surface area contributed by atoms with Gasteiger partial charge in [0.1, 0.15) is 11.5 Å². The third kappa shape index (κ3) is 5.40. The van der Waals surface area contributed by atoms with Crippen molar-refractivity contribution in [2.45, 2.75) is 51.3 Å². The van der Waals surface area contributed by atoms with Crippen molar-refractivity contribution >= 4 is 49.2 Å². The monoisotopic (exact) mass is 616 g/mol. The average molecular weight is 619 g/mol. The molecule has 3 aromatic rings. The molecule has 0 radical (unpaired) electrons. The van der Waals surface area contributed by atoms with Crippen molar-refractivity contribution in [1.29, 1.82) is 0 Å². The molecule has 3 aromatic carbocycles. The molecule has 2 aliphatic heterocycles. The molecule has 5 rings (SSSR count). The number of hydrogen-bond donors (Lipinski definition) is 0. The van der Waals surface area contributed by atoms with E-state index < -0.39 is 0 Å². The van der Waals surface area contributed by atoms with E-state index in [0.29, 0.717) is 0 Å². The van der Waals surface area contributed by atoms with Crippen LogP contribution in [0.25, 0.3) is 0 Å². The number of hydrazone groups is 1. The van der Waals surface area contributed by atoms with Crippen molar-refractivity contribution < 1.29 is 9.47 Å². The Balaban J connectivity index is 1.43.